The van der Waals surface area contributed by atoms with Crippen molar-refractivity contribution < 1.29 is 19.1 Å². The van der Waals surface area contributed by atoms with E-state index in [1.54, 1.807) is 31.2 Å². The minimum atomic E-state index is -0.538. The first-order chi connectivity index (χ1) is 15.9. The molecule has 6 heteroatoms. The number of ether oxygens (including phenoxy) is 1. The predicted octanol–water partition coefficient (Wildman–Crippen LogP) is 5.79. The van der Waals surface area contributed by atoms with Gasteiger partial charge in [-0.15, -0.1) is 0 Å². The fraction of sp³-hybridized carbons (Fsp3) is 0.296. The van der Waals surface area contributed by atoms with Gasteiger partial charge in [-0.1, -0.05) is 50.2 Å². The van der Waals surface area contributed by atoms with E-state index in [-0.39, 0.29) is 12.2 Å². The van der Waals surface area contributed by atoms with Crippen LogP contribution < -0.4 is 4.90 Å². The van der Waals surface area contributed by atoms with Crippen LogP contribution in [0.15, 0.2) is 48.5 Å². The predicted molar refractivity (Wildman–Crippen MR) is 132 cm³/mol. The number of anilines is 1. The fourth-order valence-electron chi connectivity index (χ4n) is 4.34. The number of esters is 1. The van der Waals surface area contributed by atoms with E-state index in [1.807, 2.05) is 24.3 Å². The summed E-state index contributed by atoms with van der Waals surface area (Å²) in [5.41, 5.74) is 4.65. The number of amides is 2. The van der Waals surface area contributed by atoms with Gasteiger partial charge >= 0.3 is 5.97 Å². The number of thiol groups is 1. The minimum Gasteiger partial charge on any atom is -0.462 e. The van der Waals surface area contributed by atoms with Crippen molar-refractivity contribution in [2.75, 3.05) is 11.5 Å². The van der Waals surface area contributed by atoms with E-state index in [2.05, 4.69) is 26.5 Å². The zero-order chi connectivity index (χ0) is 23.7. The maximum atomic E-state index is 13.4. The van der Waals surface area contributed by atoms with Crippen LogP contribution in [0.1, 0.15) is 69.4 Å². The van der Waals surface area contributed by atoms with Crippen LogP contribution in [0.2, 0.25) is 0 Å². The van der Waals surface area contributed by atoms with Gasteiger partial charge in [0.1, 0.15) is 0 Å². The van der Waals surface area contributed by atoms with Gasteiger partial charge in [0, 0.05) is 5.75 Å². The Labute approximate surface area is 199 Å². The second-order valence-electron chi connectivity index (χ2n) is 8.57. The molecule has 1 aromatic rings. The first kappa shape index (κ1) is 23.1. The Morgan fingerprint density at radius 3 is 2.09 bits per heavy atom. The SMILES string of the molecule is CCOC(=O)c1c2ccc(CS)ccc-2c(CCC(C)C)c1N1C(=O)c2ccccc2C1=O. The number of benzene rings is 1. The molecule has 2 aliphatic carbocycles. The Morgan fingerprint density at radius 1 is 0.939 bits per heavy atom. The summed E-state index contributed by atoms with van der Waals surface area (Å²) in [4.78, 5) is 41.2. The van der Waals surface area contributed by atoms with Gasteiger partial charge < -0.3 is 4.74 Å². The monoisotopic (exact) mass is 461 g/mol. The molecule has 170 valence electrons. The van der Waals surface area contributed by atoms with E-state index in [1.165, 1.54) is 4.90 Å². The highest BCUT2D eigenvalue weighted by molar-refractivity contribution is 7.79. The van der Waals surface area contributed by atoms with Crippen LogP contribution >= 0.6 is 12.6 Å². The molecule has 0 fully saturated rings. The highest BCUT2D eigenvalue weighted by Gasteiger charge is 2.42. The molecule has 0 N–H and O–H groups in total. The molecule has 1 aromatic carbocycles. The van der Waals surface area contributed by atoms with Crippen LogP contribution in [-0.4, -0.2) is 24.4 Å². The molecule has 2 amide bonds. The second kappa shape index (κ2) is 9.40. The number of carbonyl (C=O) groups is 3. The summed E-state index contributed by atoms with van der Waals surface area (Å²) < 4.78 is 5.41. The Morgan fingerprint density at radius 2 is 1.55 bits per heavy atom. The zero-order valence-corrected chi connectivity index (χ0v) is 19.9. The maximum absolute atomic E-state index is 13.4. The number of nitrogens with zero attached hydrogens (tertiary/aromatic N) is 1. The minimum absolute atomic E-state index is 0.190. The van der Waals surface area contributed by atoms with Crippen molar-refractivity contribution in [2.24, 2.45) is 5.92 Å². The number of fused-ring (bicyclic) bond motifs is 2. The quantitative estimate of drug-likeness (QED) is 0.275. The second-order valence-corrected chi connectivity index (χ2v) is 8.89. The average Bonchev–Trinajstić information content (AvgIpc) is 3.12. The molecular formula is C27H27NO4S. The molecule has 0 aromatic heterocycles. The van der Waals surface area contributed by atoms with E-state index < -0.39 is 17.8 Å². The van der Waals surface area contributed by atoms with Crippen LogP contribution in [0.25, 0.3) is 11.1 Å². The van der Waals surface area contributed by atoms with Crippen LogP contribution in [0.3, 0.4) is 0 Å². The van der Waals surface area contributed by atoms with Gasteiger partial charge in [-0.2, -0.15) is 12.6 Å². The first-order valence-corrected chi connectivity index (χ1v) is 11.9. The zero-order valence-electron chi connectivity index (χ0n) is 19.1. The van der Waals surface area contributed by atoms with Crippen molar-refractivity contribution >= 4 is 36.1 Å². The van der Waals surface area contributed by atoms with Crippen molar-refractivity contribution in [2.45, 2.75) is 39.4 Å². The molecule has 0 atom stereocenters. The van der Waals surface area contributed by atoms with E-state index in [0.717, 1.165) is 23.1 Å². The summed E-state index contributed by atoms with van der Waals surface area (Å²) in [6, 6.07) is 14.5. The summed E-state index contributed by atoms with van der Waals surface area (Å²) in [7, 11) is 0. The number of carbonyl (C=O) groups excluding carboxylic acids is 3. The van der Waals surface area contributed by atoms with Crippen LogP contribution in [0.5, 0.6) is 0 Å². The van der Waals surface area contributed by atoms with Crippen molar-refractivity contribution in [1.29, 1.82) is 0 Å². The van der Waals surface area contributed by atoms with Crippen LogP contribution in [0.4, 0.5) is 5.69 Å². The van der Waals surface area contributed by atoms with Gasteiger partial charge in [0.15, 0.2) is 0 Å². The van der Waals surface area contributed by atoms with Gasteiger partial charge in [-0.3, -0.25) is 9.59 Å². The Balaban J connectivity index is 2.02. The van der Waals surface area contributed by atoms with Crippen molar-refractivity contribution in [3.05, 3.63) is 76.3 Å². The number of hydrogen-bond donors (Lipinski definition) is 1. The lowest BCUT2D eigenvalue weighted by Crippen LogP contribution is -2.31. The third-order valence-corrected chi connectivity index (χ3v) is 6.35. The largest absolute Gasteiger partial charge is 0.462 e. The lowest BCUT2D eigenvalue weighted by molar-refractivity contribution is 0.0528. The van der Waals surface area contributed by atoms with E-state index >= 15 is 0 Å². The average molecular weight is 462 g/mol. The molecule has 0 saturated heterocycles. The molecule has 0 saturated carbocycles. The molecule has 1 aliphatic heterocycles. The van der Waals surface area contributed by atoms with Crippen molar-refractivity contribution in [3.63, 3.8) is 0 Å². The Kier molecular flexibility index (Phi) is 6.56. The number of rotatable bonds is 7. The molecule has 0 radical (unpaired) electrons. The lowest BCUT2D eigenvalue weighted by atomic mass is 10.00. The summed E-state index contributed by atoms with van der Waals surface area (Å²) in [5.74, 6) is -0.409. The van der Waals surface area contributed by atoms with Gasteiger partial charge in [0.05, 0.1) is 29.0 Å². The van der Waals surface area contributed by atoms with E-state index in [4.69, 9.17) is 4.74 Å². The van der Waals surface area contributed by atoms with Crippen LogP contribution in [-0.2, 0) is 16.9 Å². The summed E-state index contributed by atoms with van der Waals surface area (Å²) in [5, 5.41) is 0. The normalized spacial score (nSPS) is 13.2. The molecular weight excluding hydrogens is 434 g/mol. The van der Waals surface area contributed by atoms with E-state index in [9.17, 15) is 14.4 Å². The summed E-state index contributed by atoms with van der Waals surface area (Å²) in [6.45, 7) is 6.18. The highest BCUT2D eigenvalue weighted by atomic mass is 32.1. The van der Waals surface area contributed by atoms with Gasteiger partial charge in [0.2, 0.25) is 0 Å². The number of imide groups is 1. The summed E-state index contributed by atoms with van der Waals surface area (Å²) in [6.07, 6.45) is 1.46. The maximum Gasteiger partial charge on any atom is 0.340 e. The molecule has 3 aliphatic rings. The molecule has 0 spiro atoms. The smallest absolute Gasteiger partial charge is 0.340 e. The fourth-order valence-corrected chi connectivity index (χ4v) is 4.55. The van der Waals surface area contributed by atoms with Gasteiger partial charge in [-0.05, 0) is 60.1 Å². The molecule has 33 heavy (non-hydrogen) atoms. The van der Waals surface area contributed by atoms with Crippen LogP contribution in [0, 0.1) is 5.92 Å². The first-order valence-electron chi connectivity index (χ1n) is 11.2. The van der Waals surface area contributed by atoms with Crippen molar-refractivity contribution in [1.82, 2.24) is 0 Å². The molecule has 5 nitrogen and oxygen atoms in total. The summed E-state index contributed by atoms with van der Waals surface area (Å²) >= 11 is 4.38. The number of hydrogen-bond acceptors (Lipinski definition) is 5. The molecule has 0 bridgehead atoms. The molecule has 0 unspecified atom stereocenters. The third-order valence-electron chi connectivity index (χ3n) is 5.99. The van der Waals surface area contributed by atoms with E-state index in [0.29, 0.717) is 40.5 Å². The van der Waals surface area contributed by atoms with Gasteiger partial charge in [0.25, 0.3) is 11.8 Å². The topological polar surface area (TPSA) is 63.7 Å². The Hall–Kier alpha value is -3.12. The third kappa shape index (κ3) is 4.04. The lowest BCUT2D eigenvalue weighted by Gasteiger charge is -2.18. The van der Waals surface area contributed by atoms with Crippen molar-refractivity contribution in [3.8, 4) is 11.1 Å². The van der Waals surface area contributed by atoms with Gasteiger partial charge in [-0.25, -0.2) is 9.69 Å². The Bertz CT molecular complexity index is 1180. The molecule has 4 rings (SSSR count). The molecule has 1 heterocycles. The standard InChI is InChI=1S/C27H27NO4S/c1-4-32-27(31)23-19-14-11-17(15-33)10-13-18(19)20(12-9-16(2)3)24(23)28-25(29)21-7-5-6-8-22(21)26(28)30/h5-8,10-11,13-14,16,33H,4,9,12,15H2,1-3H3. The highest BCUT2D eigenvalue weighted by Crippen LogP contribution is 2.46.